The topological polar surface area (TPSA) is 44.8 Å². The zero-order chi connectivity index (χ0) is 14.4. The van der Waals surface area contributed by atoms with E-state index in [0.29, 0.717) is 19.0 Å². The van der Waals surface area contributed by atoms with Crippen molar-refractivity contribution in [1.29, 1.82) is 0 Å². The first kappa shape index (κ1) is 14.3. The number of benzene rings is 2. The highest BCUT2D eigenvalue weighted by Crippen LogP contribution is 2.25. The van der Waals surface area contributed by atoms with Gasteiger partial charge in [0.05, 0.1) is 20.1 Å². The van der Waals surface area contributed by atoms with E-state index in [2.05, 4.69) is 0 Å². The summed E-state index contributed by atoms with van der Waals surface area (Å²) < 4.78 is 15.6. The minimum atomic E-state index is -0.291. The number of rotatable bonds is 6. The monoisotopic (exact) mass is 274 g/mol. The molecule has 0 radical (unpaired) electrons. The van der Waals surface area contributed by atoms with Crippen molar-refractivity contribution in [2.24, 2.45) is 0 Å². The van der Waals surface area contributed by atoms with Gasteiger partial charge in [-0.25, -0.2) is 0 Å². The van der Waals surface area contributed by atoms with E-state index >= 15 is 0 Å². The third kappa shape index (κ3) is 3.71. The van der Waals surface area contributed by atoms with Gasteiger partial charge in [0.2, 0.25) is 0 Å². The molecule has 0 saturated heterocycles. The van der Waals surface area contributed by atoms with Crippen LogP contribution in [0.5, 0.6) is 11.5 Å². The van der Waals surface area contributed by atoms with Gasteiger partial charge in [-0.2, -0.15) is 0 Å². The molecule has 4 nitrogen and oxygen atoms in total. The molecule has 0 unspecified atom stereocenters. The zero-order valence-corrected chi connectivity index (χ0v) is 11.7. The van der Waals surface area contributed by atoms with Crippen LogP contribution < -0.4 is 9.47 Å². The Morgan fingerprint density at radius 2 is 1.75 bits per heavy atom. The number of ether oxygens (including phenoxy) is 3. The normalized spacial score (nSPS) is 10.5. The van der Waals surface area contributed by atoms with E-state index in [1.54, 1.807) is 13.2 Å². The van der Waals surface area contributed by atoms with Crippen LogP contribution in [0.25, 0.3) is 10.8 Å². The first-order valence-electron chi connectivity index (χ1n) is 6.59. The molecule has 0 spiro atoms. The van der Waals surface area contributed by atoms with E-state index in [9.17, 15) is 4.79 Å². The number of hydrogen-bond donors (Lipinski definition) is 0. The largest absolute Gasteiger partial charge is 0.497 e. The maximum absolute atomic E-state index is 11.6. The Labute approximate surface area is 118 Å². The molecule has 20 heavy (non-hydrogen) atoms. The minimum Gasteiger partial charge on any atom is -0.497 e. The van der Waals surface area contributed by atoms with Crippen LogP contribution in [0.1, 0.15) is 13.3 Å². The van der Waals surface area contributed by atoms with Crippen molar-refractivity contribution in [1.82, 2.24) is 0 Å². The summed E-state index contributed by atoms with van der Waals surface area (Å²) in [7, 11) is 1.62. The third-order valence-corrected chi connectivity index (χ3v) is 2.91. The second-order valence-corrected chi connectivity index (χ2v) is 4.30. The third-order valence-electron chi connectivity index (χ3n) is 2.91. The summed E-state index contributed by atoms with van der Waals surface area (Å²) in [6, 6.07) is 11.3. The van der Waals surface area contributed by atoms with Gasteiger partial charge in [-0.05, 0) is 42.0 Å². The molecule has 106 valence electrons. The van der Waals surface area contributed by atoms with E-state index in [1.807, 2.05) is 37.3 Å². The van der Waals surface area contributed by atoms with Crippen LogP contribution >= 0.6 is 0 Å². The molecule has 0 aliphatic rings. The lowest BCUT2D eigenvalue weighted by Crippen LogP contribution is -2.11. The van der Waals surface area contributed by atoms with Crippen LogP contribution in [0, 0.1) is 0 Å². The second-order valence-electron chi connectivity index (χ2n) is 4.30. The van der Waals surface area contributed by atoms with Crippen LogP contribution in [0.2, 0.25) is 0 Å². The SMILES string of the molecule is CCOCCC(=O)Oc1ccc2ccc(OC)cc2c1. The minimum absolute atomic E-state index is 0.254. The van der Waals surface area contributed by atoms with E-state index in [1.165, 1.54) is 0 Å². The number of carbonyl (C=O) groups is 1. The van der Waals surface area contributed by atoms with E-state index < -0.39 is 0 Å². The van der Waals surface area contributed by atoms with Gasteiger partial charge in [0.15, 0.2) is 0 Å². The van der Waals surface area contributed by atoms with Crippen LogP contribution in [0.15, 0.2) is 36.4 Å². The fourth-order valence-electron chi connectivity index (χ4n) is 1.88. The fraction of sp³-hybridized carbons (Fsp3) is 0.312. The molecule has 0 saturated carbocycles. The van der Waals surface area contributed by atoms with Crippen molar-refractivity contribution < 1.29 is 19.0 Å². The van der Waals surface area contributed by atoms with Crippen LogP contribution in [-0.4, -0.2) is 26.3 Å². The zero-order valence-electron chi connectivity index (χ0n) is 11.7. The molecule has 0 amide bonds. The first-order valence-corrected chi connectivity index (χ1v) is 6.59. The average molecular weight is 274 g/mol. The number of esters is 1. The Bertz CT molecular complexity index is 592. The van der Waals surface area contributed by atoms with Crippen LogP contribution in [0.4, 0.5) is 0 Å². The maximum Gasteiger partial charge on any atom is 0.313 e. The Kier molecular flexibility index (Phi) is 4.96. The number of methoxy groups -OCH3 is 1. The Hall–Kier alpha value is -2.07. The summed E-state index contributed by atoms with van der Waals surface area (Å²) in [6.07, 6.45) is 0.254. The van der Waals surface area contributed by atoms with Gasteiger partial charge in [-0.3, -0.25) is 4.79 Å². The molecular formula is C16H18O4. The maximum atomic E-state index is 11.6. The molecule has 0 heterocycles. The van der Waals surface area contributed by atoms with Gasteiger partial charge in [-0.1, -0.05) is 12.1 Å². The average Bonchev–Trinajstić information content (AvgIpc) is 2.46. The highest BCUT2D eigenvalue weighted by molar-refractivity contribution is 5.86. The molecule has 0 aliphatic carbocycles. The van der Waals surface area contributed by atoms with Crippen molar-refractivity contribution in [3.05, 3.63) is 36.4 Å². The highest BCUT2D eigenvalue weighted by atomic mass is 16.5. The van der Waals surface area contributed by atoms with Crippen LogP contribution in [-0.2, 0) is 9.53 Å². The quantitative estimate of drug-likeness (QED) is 0.461. The molecule has 2 aromatic rings. The Balaban J connectivity index is 2.08. The van der Waals surface area contributed by atoms with E-state index in [0.717, 1.165) is 16.5 Å². The molecule has 4 heteroatoms. The number of fused-ring (bicyclic) bond motifs is 1. The molecule has 0 N–H and O–H groups in total. The molecule has 0 atom stereocenters. The molecular weight excluding hydrogens is 256 g/mol. The molecule has 0 fully saturated rings. The summed E-state index contributed by atoms with van der Waals surface area (Å²) in [5.41, 5.74) is 0. The summed E-state index contributed by atoms with van der Waals surface area (Å²) in [5.74, 6) is 1.02. The predicted molar refractivity (Wildman–Crippen MR) is 77.2 cm³/mol. The van der Waals surface area contributed by atoms with Crippen molar-refractivity contribution >= 4 is 16.7 Å². The standard InChI is InChI=1S/C16H18O4/c1-3-19-9-8-16(17)20-15-7-5-12-4-6-14(18-2)10-13(12)11-15/h4-7,10-11H,3,8-9H2,1-2H3. The lowest BCUT2D eigenvalue weighted by atomic mass is 10.1. The van der Waals surface area contributed by atoms with Crippen molar-refractivity contribution in [2.45, 2.75) is 13.3 Å². The van der Waals surface area contributed by atoms with Gasteiger partial charge in [0, 0.05) is 6.61 Å². The van der Waals surface area contributed by atoms with Gasteiger partial charge in [0.25, 0.3) is 0 Å². The predicted octanol–water partition coefficient (Wildman–Crippen LogP) is 3.18. The van der Waals surface area contributed by atoms with Gasteiger partial charge in [-0.15, -0.1) is 0 Å². The van der Waals surface area contributed by atoms with Gasteiger partial charge < -0.3 is 14.2 Å². The van der Waals surface area contributed by atoms with Crippen molar-refractivity contribution in [2.75, 3.05) is 20.3 Å². The van der Waals surface area contributed by atoms with E-state index in [-0.39, 0.29) is 12.4 Å². The smallest absolute Gasteiger partial charge is 0.313 e. The summed E-state index contributed by atoms with van der Waals surface area (Å²) in [4.78, 5) is 11.6. The Morgan fingerprint density at radius 1 is 1.05 bits per heavy atom. The Morgan fingerprint density at radius 3 is 2.45 bits per heavy atom. The lowest BCUT2D eigenvalue weighted by molar-refractivity contribution is -0.135. The van der Waals surface area contributed by atoms with Gasteiger partial charge in [0.1, 0.15) is 11.5 Å². The number of carbonyl (C=O) groups excluding carboxylic acids is 1. The summed E-state index contributed by atoms with van der Waals surface area (Å²) >= 11 is 0. The second kappa shape index (κ2) is 6.91. The number of hydrogen-bond acceptors (Lipinski definition) is 4. The first-order chi connectivity index (χ1) is 9.72. The summed E-state index contributed by atoms with van der Waals surface area (Å²) in [5, 5.41) is 2.04. The van der Waals surface area contributed by atoms with Gasteiger partial charge >= 0.3 is 5.97 Å². The molecule has 2 aromatic carbocycles. The molecule has 0 aromatic heterocycles. The van der Waals surface area contributed by atoms with Crippen molar-refractivity contribution in [3.8, 4) is 11.5 Å². The highest BCUT2D eigenvalue weighted by Gasteiger charge is 2.06. The van der Waals surface area contributed by atoms with E-state index in [4.69, 9.17) is 14.2 Å². The fourth-order valence-corrected chi connectivity index (χ4v) is 1.88. The summed E-state index contributed by atoms with van der Waals surface area (Å²) in [6.45, 7) is 2.88. The molecule has 0 bridgehead atoms. The van der Waals surface area contributed by atoms with Crippen molar-refractivity contribution in [3.63, 3.8) is 0 Å². The molecule has 0 aliphatic heterocycles. The molecule has 2 rings (SSSR count). The van der Waals surface area contributed by atoms with Crippen LogP contribution in [0.3, 0.4) is 0 Å². The lowest BCUT2D eigenvalue weighted by Gasteiger charge is -2.07.